The Morgan fingerprint density at radius 3 is 2.75 bits per heavy atom. The summed E-state index contributed by atoms with van der Waals surface area (Å²) in [6.07, 6.45) is 4.88. The van der Waals surface area contributed by atoms with E-state index in [0.717, 1.165) is 67.9 Å². The molecule has 0 saturated heterocycles. The lowest BCUT2D eigenvalue weighted by molar-refractivity contribution is -0.113. The van der Waals surface area contributed by atoms with Crippen LogP contribution in [0.15, 0.2) is 41.4 Å². The molecule has 1 aliphatic carbocycles. The van der Waals surface area contributed by atoms with Gasteiger partial charge in [-0.1, -0.05) is 69.3 Å². The number of aryl methyl sites for hydroxylation is 1. The largest absolute Gasteiger partial charge is 0.316 e. The zero-order chi connectivity index (χ0) is 28.3. The van der Waals surface area contributed by atoms with Gasteiger partial charge in [0.25, 0.3) is 0 Å². The van der Waals surface area contributed by atoms with Crippen LogP contribution in [-0.2, 0) is 37.1 Å². The third-order valence-corrected chi connectivity index (χ3v) is 10.7. The van der Waals surface area contributed by atoms with Gasteiger partial charge in [0.15, 0.2) is 0 Å². The Balaban J connectivity index is 1.24. The zero-order valence-corrected chi connectivity index (χ0v) is 25.1. The number of aromatic nitrogens is 1. The average molecular weight is 570 g/mol. The molecule has 0 saturated carbocycles. The first kappa shape index (κ1) is 28.4. The van der Waals surface area contributed by atoms with Gasteiger partial charge in [0.1, 0.15) is 22.2 Å². The molecule has 0 fully saturated rings. The first-order valence-corrected chi connectivity index (χ1v) is 15.8. The van der Waals surface area contributed by atoms with E-state index in [2.05, 4.69) is 67.4 Å². The number of thiophene rings is 1. The van der Waals surface area contributed by atoms with Gasteiger partial charge < -0.3 is 5.32 Å². The van der Waals surface area contributed by atoms with Crippen molar-refractivity contribution in [1.29, 1.82) is 10.5 Å². The number of fused-ring (bicyclic) bond motifs is 2. The van der Waals surface area contributed by atoms with Crippen LogP contribution in [0, 0.1) is 34.0 Å². The van der Waals surface area contributed by atoms with Gasteiger partial charge in [0.05, 0.1) is 16.9 Å². The number of anilines is 1. The normalized spacial score (nSPS) is 16.9. The number of pyridine rings is 1. The monoisotopic (exact) mass is 569 g/mol. The van der Waals surface area contributed by atoms with E-state index in [0.29, 0.717) is 27.1 Å². The third-order valence-electron chi connectivity index (χ3n) is 8.58. The van der Waals surface area contributed by atoms with E-state index >= 15 is 0 Å². The van der Waals surface area contributed by atoms with Crippen molar-refractivity contribution in [3.63, 3.8) is 0 Å². The predicted octanol–water partition coefficient (Wildman–Crippen LogP) is 6.72. The molecule has 1 aliphatic heterocycles. The quantitative estimate of drug-likeness (QED) is 0.303. The third kappa shape index (κ3) is 6.10. The lowest BCUT2D eigenvalue weighted by atomic mass is 9.69. The minimum absolute atomic E-state index is 0.138. The summed E-state index contributed by atoms with van der Waals surface area (Å²) in [5.41, 5.74) is 5.95. The number of hydrogen-bond acceptors (Lipinski definition) is 7. The van der Waals surface area contributed by atoms with Gasteiger partial charge in [0, 0.05) is 30.2 Å². The van der Waals surface area contributed by atoms with Crippen molar-refractivity contribution in [3.05, 3.63) is 74.8 Å². The number of hydrogen-bond donors (Lipinski definition) is 1. The van der Waals surface area contributed by atoms with Crippen LogP contribution in [0.1, 0.15) is 72.0 Å². The summed E-state index contributed by atoms with van der Waals surface area (Å²) in [5.74, 6) is 0.535. The fraction of sp³-hybridized carbons (Fsp3) is 0.438. The zero-order valence-electron chi connectivity index (χ0n) is 23.4. The second-order valence-electron chi connectivity index (χ2n) is 11.4. The van der Waals surface area contributed by atoms with E-state index in [4.69, 9.17) is 4.98 Å². The average Bonchev–Trinajstić information content (AvgIpc) is 3.31. The standard InChI is InChI=1S/C32H35N5OS2/c1-4-32(2,3)24-10-11-27-22(15-24)14-23(16-33)30(35-27)39-20-29(38)36-31-26(17-34)25-12-13-37(19-28(25)40-31)18-21-8-6-5-7-9-21/h5-9,14,24H,4,10-13,15,18-20H2,1-3H3,(H,36,38). The van der Waals surface area contributed by atoms with Gasteiger partial charge in [-0.15, -0.1) is 11.3 Å². The number of nitriles is 2. The molecule has 0 bridgehead atoms. The van der Waals surface area contributed by atoms with Gasteiger partial charge >= 0.3 is 0 Å². The molecule has 8 heteroatoms. The summed E-state index contributed by atoms with van der Waals surface area (Å²) in [6, 6.07) is 17.0. The molecule has 3 heterocycles. The summed E-state index contributed by atoms with van der Waals surface area (Å²) < 4.78 is 0. The maximum absolute atomic E-state index is 13.0. The molecule has 5 rings (SSSR count). The maximum Gasteiger partial charge on any atom is 0.235 e. The molecule has 1 N–H and O–H groups in total. The van der Waals surface area contributed by atoms with Crippen molar-refractivity contribution in [2.24, 2.45) is 11.3 Å². The van der Waals surface area contributed by atoms with Crippen molar-refractivity contribution in [3.8, 4) is 12.1 Å². The van der Waals surface area contributed by atoms with Gasteiger partial charge in [-0.2, -0.15) is 10.5 Å². The number of amides is 1. The second kappa shape index (κ2) is 12.1. The number of thioether (sulfide) groups is 1. The molecule has 2 aliphatic rings. The van der Waals surface area contributed by atoms with E-state index in [1.807, 2.05) is 12.1 Å². The van der Waals surface area contributed by atoms with Crippen molar-refractivity contribution in [2.45, 2.75) is 71.0 Å². The van der Waals surface area contributed by atoms with Crippen molar-refractivity contribution in [2.75, 3.05) is 17.6 Å². The van der Waals surface area contributed by atoms with Crippen LogP contribution in [-0.4, -0.2) is 28.1 Å². The van der Waals surface area contributed by atoms with Gasteiger partial charge in [0.2, 0.25) is 5.91 Å². The van der Waals surface area contributed by atoms with E-state index in [-0.39, 0.29) is 17.1 Å². The topological polar surface area (TPSA) is 92.8 Å². The summed E-state index contributed by atoms with van der Waals surface area (Å²) in [5, 5.41) is 24.0. The smallest absolute Gasteiger partial charge is 0.235 e. The van der Waals surface area contributed by atoms with Crippen molar-refractivity contribution in [1.82, 2.24) is 9.88 Å². The molecule has 0 spiro atoms. The predicted molar refractivity (Wildman–Crippen MR) is 161 cm³/mol. The lowest BCUT2D eigenvalue weighted by Gasteiger charge is -2.37. The van der Waals surface area contributed by atoms with Crippen LogP contribution in [0.2, 0.25) is 0 Å². The first-order valence-electron chi connectivity index (χ1n) is 14.0. The molecule has 1 atom stereocenters. The first-order chi connectivity index (χ1) is 19.3. The van der Waals surface area contributed by atoms with Crippen LogP contribution in [0.3, 0.4) is 0 Å². The molecule has 1 aromatic carbocycles. The minimum Gasteiger partial charge on any atom is -0.316 e. The Morgan fingerprint density at radius 2 is 2.02 bits per heavy atom. The molecular formula is C32H35N5OS2. The Labute approximate surface area is 245 Å². The highest BCUT2D eigenvalue weighted by Gasteiger charge is 2.32. The summed E-state index contributed by atoms with van der Waals surface area (Å²) in [6.45, 7) is 9.41. The Morgan fingerprint density at radius 1 is 1.23 bits per heavy atom. The fourth-order valence-electron chi connectivity index (χ4n) is 5.73. The number of nitrogens with one attached hydrogen (secondary N) is 1. The molecule has 3 aromatic rings. The van der Waals surface area contributed by atoms with Crippen molar-refractivity contribution < 1.29 is 4.79 Å². The number of benzene rings is 1. The number of carbonyl (C=O) groups is 1. The van der Waals surface area contributed by atoms with E-state index in [9.17, 15) is 15.3 Å². The Bertz CT molecular complexity index is 1480. The molecule has 2 aromatic heterocycles. The SMILES string of the molecule is CCC(C)(C)C1CCc2nc(SCC(=O)Nc3sc4c(c3C#N)CCN(Cc3ccccc3)C4)c(C#N)cc2C1. The number of carbonyl (C=O) groups excluding carboxylic acids is 1. The summed E-state index contributed by atoms with van der Waals surface area (Å²) in [4.78, 5) is 21.4. The maximum atomic E-state index is 13.0. The highest BCUT2D eigenvalue weighted by Crippen LogP contribution is 2.41. The lowest BCUT2D eigenvalue weighted by Crippen LogP contribution is -2.29. The van der Waals surface area contributed by atoms with E-state index in [1.165, 1.54) is 34.2 Å². The number of rotatable bonds is 8. The van der Waals surface area contributed by atoms with E-state index < -0.39 is 0 Å². The van der Waals surface area contributed by atoms with Crippen LogP contribution in [0.5, 0.6) is 0 Å². The second-order valence-corrected chi connectivity index (χ2v) is 13.5. The van der Waals surface area contributed by atoms with E-state index in [1.54, 1.807) is 0 Å². The molecule has 6 nitrogen and oxygen atoms in total. The van der Waals surface area contributed by atoms with Gasteiger partial charge in [-0.05, 0) is 59.8 Å². The summed E-state index contributed by atoms with van der Waals surface area (Å²) >= 11 is 2.81. The van der Waals surface area contributed by atoms with Crippen LogP contribution in [0.25, 0.3) is 0 Å². The van der Waals surface area contributed by atoms with Crippen LogP contribution in [0.4, 0.5) is 5.00 Å². The minimum atomic E-state index is -0.186. The Hall–Kier alpha value is -3.17. The molecule has 206 valence electrons. The molecule has 40 heavy (non-hydrogen) atoms. The fourth-order valence-corrected chi connectivity index (χ4v) is 7.76. The van der Waals surface area contributed by atoms with Gasteiger partial charge in [-0.3, -0.25) is 9.69 Å². The number of nitrogens with zero attached hydrogens (tertiary/aromatic N) is 4. The molecule has 1 amide bonds. The highest BCUT2D eigenvalue weighted by molar-refractivity contribution is 8.00. The van der Waals surface area contributed by atoms with Crippen LogP contribution < -0.4 is 5.32 Å². The van der Waals surface area contributed by atoms with Gasteiger partial charge in [-0.25, -0.2) is 4.98 Å². The molecule has 0 radical (unpaired) electrons. The van der Waals surface area contributed by atoms with Crippen LogP contribution >= 0.6 is 23.1 Å². The highest BCUT2D eigenvalue weighted by atomic mass is 32.2. The Kier molecular flexibility index (Phi) is 8.61. The summed E-state index contributed by atoms with van der Waals surface area (Å²) in [7, 11) is 0. The molecule has 1 unspecified atom stereocenters. The van der Waals surface area contributed by atoms with Crippen molar-refractivity contribution >= 4 is 34.0 Å². The molecular weight excluding hydrogens is 535 g/mol.